The van der Waals surface area contributed by atoms with E-state index in [0.29, 0.717) is 6.54 Å². The summed E-state index contributed by atoms with van der Waals surface area (Å²) in [6.45, 7) is 9.73. The number of nitrogens with zero attached hydrogens (tertiary/aromatic N) is 2. The van der Waals surface area contributed by atoms with Crippen molar-refractivity contribution in [1.82, 2.24) is 15.1 Å². The Balaban J connectivity index is 1.34. The highest BCUT2D eigenvalue weighted by Gasteiger charge is 2.26. The first-order valence-electron chi connectivity index (χ1n) is 11.6. The third kappa shape index (κ3) is 7.09. The van der Waals surface area contributed by atoms with Crippen LogP contribution in [-0.2, 0) is 16.0 Å². The molecule has 174 valence electrons. The molecule has 7 nitrogen and oxygen atoms in total. The summed E-state index contributed by atoms with van der Waals surface area (Å²) in [5.74, 6) is 2.33. The molecule has 1 amide bonds. The number of hydrogen-bond acceptors (Lipinski definition) is 6. The average Bonchev–Trinajstić information content (AvgIpc) is 2.83. The molecule has 0 spiro atoms. The highest BCUT2D eigenvalue weighted by atomic mass is 16.5. The number of carbonyl (C=O) groups excluding carboxylic acids is 1. The van der Waals surface area contributed by atoms with E-state index in [9.17, 15) is 4.79 Å². The standard InChI is InChI=1S/C24H39N3O4/c1-19(24(28)25-10-6-21-4-5-22(29-2)23(18-21)30-3)27-12-8-20(9-13-27)7-11-26-14-16-31-17-15-26/h4-5,18-20H,6-17H2,1-3H3,(H,25,28). The van der Waals surface area contributed by atoms with E-state index in [0.717, 1.165) is 68.8 Å². The number of amides is 1. The molecule has 0 saturated carbocycles. The van der Waals surface area contributed by atoms with E-state index in [4.69, 9.17) is 14.2 Å². The Morgan fingerprint density at radius 3 is 2.52 bits per heavy atom. The normalized spacial score (nSPS) is 19.7. The average molecular weight is 434 g/mol. The van der Waals surface area contributed by atoms with E-state index >= 15 is 0 Å². The lowest BCUT2D eigenvalue weighted by atomic mass is 9.92. The summed E-state index contributed by atoms with van der Waals surface area (Å²) in [4.78, 5) is 17.5. The Labute approximate surface area is 187 Å². The van der Waals surface area contributed by atoms with Gasteiger partial charge in [-0.1, -0.05) is 6.07 Å². The number of benzene rings is 1. The van der Waals surface area contributed by atoms with Crippen molar-refractivity contribution >= 4 is 5.91 Å². The molecule has 0 aromatic heterocycles. The van der Waals surface area contributed by atoms with Crippen molar-refractivity contribution in [3.05, 3.63) is 23.8 Å². The van der Waals surface area contributed by atoms with Gasteiger partial charge in [-0.15, -0.1) is 0 Å². The molecule has 2 heterocycles. The molecule has 2 fully saturated rings. The van der Waals surface area contributed by atoms with E-state index in [-0.39, 0.29) is 11.9 Å². The third-order valence-corrected chi connectivity index (χ3v) is 6.69. The third-order valence-electron chi connectivity index (χ3n) is 6.69. The Morgan fingerprint density at radius 2 is 1.84 bits per heavy atom. The van der Waals surface area contributed by atoms with Crippen molar-refractivity contribution < 1.29 is 19.0 Å². The van der Waals surface area contributed by atoms with Gasteiger partial charge in [-0.3, -0.25) is 14.6 Å². The molecule has 0 radical (unpaired) electrons. The van der Waals surface area contributed by atoms with Gasteiger partial charge in [0, 0.05) is 19.6 Å². The number of hydrogen-bond donors (Lipinski definition) is 1. The molecule has 31 heavy (non-hydrogen) atoms. The van der Waals surface area contributed by atoms with Gasteiger partial charge in [-0.25, -0.2) is 0 Å². The molecule has 7 heteroatoms. The molecular formula is C24H39N3O4. The van der Waals surface area contributed by atoms with Gasteiger partial charge in [0.1, 0.15) is 0 Å². The lowest BCUT2D eigenvalue weighted by Gasteiger charge is -2.36. The molecule has 0 bridgehead atoms. The Morgan fingerprint density at radius 1 is 1.13 bits per heavy atom. The SMILES string of the molecule is COc1ccc(CCNC(=O)C(C)N2CCC(CCN3CCOCC3)CC2)cc1OC. The van der Waals surface area contributed by atoms with Crippen LogP contribution < -0.4 is 14.8 Å². The van der Waals surface area contributed by atoms with Gasteiger partial charge >= 0.3 is 0 Å². The van der Waals surface area contributed by atoms with E-state index in [2.05, 4.69) is 15.1 Å². The Bertz CT molecular complexity index is 685. The van der Waals surface area contributed by atoms with E-state index in [1.807, 2.05) is 25.1 Å². The summed E-state index contributed by atoms with van der Waals surface area (Å²) >= 11 is 0. The van der Waals surface area contributed by atoms with E-state index < -0.39 is 0 Å². The molecule has 0 aliphatic carbocycles. The van der Waals surface area contributed by atoms with Gasteiger partial charge in [0.2, 0.25) is 5.91 Å². The summed E-state index contributed by atoms with van der Waals surface area (Å²) in [7, 11) is 3.27. The van der Waals surface area contributed by atoms with Gasteiger partial charge in [-0.05, 0) is 75.9 Å². The minimum Gasteiger partial charge on any atom is -0.493 e. The first-order valence-corrected chi connectivity index (χ1v) is 11.6. The van der Waals surface area contributed by atoms with Crippen LogP contribution in [0.15, 0.2) is 18.2 Å². The molecule has 2 saturated heterocycles. The summed E-state index contributed by atoms with van der Waals surface area (Å²) < 4.78 is 16.1. The van der Waals surface area contributed by atoms with Crippen molar-refractivity contribution in [2.75, 3.05) is 66.7 Å². The number of ether oxygens (including phenoxy) is 3. The number of morpholine rings is 1. The Kier molecular flexibility index (Phi) is 9.43. The summed E-state index contributed by atoms with van der Waals surface area (Å²) in [5, 5.41) is 3.10. The zero-order valence-electron chi connectivity index (χ0n) is 19.4. The number of methoxy groups -OCH3 is 2. The second-order valence-electron chi connectivity index (χ2n) is 8.63. The monoisotopic (exact) mass is 433 g/mol. The molecule has 1 aromatic rings. The predicted octanol–water partition coefficient (Wildman–Crippen LogP) is 2.19. The molecule has 1 aromatic carbocycles. The number of carbonyl (C=O) groups is 1. The van der Waals surface area contributed by atoms with Crippen molar-refractivity contribution in [1.29, 1.82) is 0 Å². The molecule has 3 rings (SSSR count). The maximum absolute atomic E-state index is 12.7. The predicted molar refractivity (Wildman–Crippen MR) is 122 cm³/mol. The fourth-order valence-electron chi connectivity index (χ4n) is 4.50. The van der Waals surface area contributed by atoms with Gasteiger partial charge in [0.25, 0.3) is 0 Å². The van der Waals surface area contributed by atoms with Crippen LogP contribution in [0.3, 0.4) is 0 Å². The summed E-state index contributed by atoms with van der Waals surface area (Å²) in [6, 6.07) is 5.81. The zero-order valence-corrected chi connectivity index (χ0v) is 19.4. The number of likely N-dealkylation sites (tertiary alicyclic amines) is 1. The first-order chi connectivity index (χ1) is 15.1. The van der Waals surface area contributed by atoms with Gasteiger partial charge in [0.05, 0.1) is 33.5 Å². The molecule has 1 N–H and O–H groups in total. The highest BCUT2D eigenvalue weighted by molar-refractivity contribution is 5.81. The van der Waals surface area contributed by atoms with Gasteiger partial charge < -0.3 is 19.5 Å². The molecule has 2 aliphatic rings. The largest absolute Gasteiger partial charge is 0.493 e. The molecule has 2 aliphatic heterocycles. The zero-order chi connectivity index (χ0) is 22.1. The van der Waals surface area contributed by atoms with E-state index in [1.165, 1.54) is 25.8 Å². The highest BCUT2D eigenvalue weighted by Crippen LogP contribution is 2.27. The van der Waals surface area contributed by atoms with Crippen LogP contribution in [0, 0.1) is 5.92 Å². The van der Waals surface area contributed by atoms with Crippen LogP contribution in [0.1, 0.15) is 31.7 Å². The fourth-order valence-corrected chi connectivity index (χ4v) is 4.50. The smallest absolute Gasteiger partial charge is 0.237 e. The maximum Gasteiger partial charge on any atom is 0.237 e. The fraction of sp³-hybridized carbons (Fsp3) is 0.708. The van der Waals surface area contributed by atoms with Crippen LogP contribution in [0.2, 0.25) is 0 Å². The lowest BCUT2D eigenvalue weighted by Crippen LogP contribution is -2.48. The van der Waals surface area contributed by atoms with Crippen LogP contribution in [0.5, 0.6) is 11.5 Å². The number of piperidine rings is 1. The second kappa shape index (κ2) is 12.3. The van der Waals surface area contributed by atoms with Crippen molar-refractivity contribution in [2.45, 2.75) is 38.6 Å². The number of nitrogens with one attached hydrogen (secondary N) is 1. The molecule has 1 atom stereocenters. The summed E-state index contributed by atoms with van der Waals surface area (Å²) in [6.07, 6.45) is 4.41. The Hall–Kier alpha value is -1.83. The molecule has 1 unspecified atom stereocenters. The van der Waals surface area contributed by atoms with Crippen molar-refractivity contribution in [2.24, 2.45) is 5.92 Å². The number of rotatable bonds is 10. The van der Waals surface area contributed by atoms with E-state index in [1.54, 1.807) is 14.2 Å². The first kappa shape index (κ1) is 23.8. The topological polar surface area (TPSA) is 63.3 Å². The minimum absolute atomic E-state index is 0.0782. The minimum atomic E-state index is -0.0782. The van der Waals surface area contributed by atoms with Gasteiger partial charge in [0.15, 0.2) is 11.5 Å². The van der Waals surface area contributed by atoms with Crippen molar-refractivity contribution in [3.63, 3.8) is 0 Å². The quantitative estimate of drug-likeness (QED) is 0.610. The molecular weight excluding hydrogens is 394 g/mol. The van der Waals surface area contributed by atoms with Crippen LogP contribution >= 0.6 is 0 Å². The van der Waals surface area contributed by atoms with Gasteiger partial charge in [-0.2, -0.15) is 0 Å². The van der Waals surface area contributed by atoms with Crippen molar-refractivity contribution in [3.8, 4) is 11.5 Å². The van der Waals surface area contributed by atoms with Crippen LogP contribution in [-0.4, -0.2) is 88.5 Å². The summed E-state index contributed by atoms with van der Waals surface area (Å²) in [5.41, 5.74) is 1.12. The second-order valence-corrected chi connectivity index (χ2v) is 8.63. The van der Waals surface area contributed by atoms with Crippen LogP contribution in [0.4, 0.5) is 0 Å². The lowest BCUT2D eigenvalue weighted by molar-refractivity contribution is -0.126. The van der Waals surface area contributed by atoms with Crippen LogP contribution in [0.25, 0.3) is 0 Å². The maximum atomic E-state index is 12.7.